The third-order valence-electron chi connectivity index (χ3n) is 1.37. The first-order chi connectivity index (χ1) is 6.74. The fourth-order valence-electron chi connectivity index (χ4n) is 0.793. The molecule has 1 aromatic rings. The van der Waals surface area contributed by atoms with Crippen LogP contribution in [0, 0.1) is 23.5 Å². The second-order valence-electron chi connectivity index (χ2n) is 2.31. The molecule has 0 amide bonds. The minimum absolute atomic E-state index is 0.0344. The van der Waals surface area contributed by atoms with Gasteiger partial charge in [0.1, 0.15) is 11.6 Å². The van der Waals surface area contributed by atoms with E-state index >= 15 is 0 Å². The summed E-state index contributed by atoms with van der Waals surface area (Å²) < 4.78 is 25.3. The van der Waals surface area contributed by atoms with Crippen molar-refractivity contribution in [3.8, 4) is 11.8 Å². The Kier molecular flexibility index (Phi) is 3.48. The van der Waals surface area contributed by atoms with Crippen LogP contribution in [0.3, 0.4) is 0 Å². The lowest BCUT2D eigenvalue weighted by Gasteiger charge is -1.92. The summed E-state index contributed by atoms with van der Waals surface area (Å²) >= 11 is 0. The van der Waals surface area contributed by atoms with Crippen molar-refractivity contribution in [2.24, 2.45) is 5.11 Å². The molecule has 0 aliphatic rings. The summed E-state index contributed by atoms with van der Waals surface area (Å²) in [4.78, 5) is 2.47. The Hall–Kier alpha value is -2.05. The molecule has 70 valence electrons. The normalized spacial score (nSPS) is 8.43. The van der Waals surface area contributed by atoms with Gasteiger partial charge in [-0.25, -0.2) is 8.78 Å². The lowest BCUT2D eigenvalue weighted by atomic mass is 10.2. The van der Waals surface area contributed by atoms with Gasteiger partial charge < -0.3 is 0 Å². The first-order valence-electron chi connectivity index (χ1n) is 3.69. The zero-order chi connectivity index (χ0) is 10.4. The number of halogens is 2. The van der Waals surface area contributed by atoms with Gasteiger partial charge in [-0.2, -0.15) is 0 Å². The minimum atomic E-state index is -0.724. The van der Waals surface area contributed by atoms with Crippen molar-refractivity contribution >= 4 is 0 Å². The van der Waals surface area contributed by atoms with Crippen LogP contribution in [0.2, 0.25) is 0 Å². The Morgan fingerprint density at radius 3 is 2.86 bits per heavy atom. The molecule has 0 saturated carbocycles. The van der Waals surface area contributed by atoms with Gasteiger partial charge in [0.05, 0.1) is 12.1 Å². The maximum Gasteiger partial charge on any atom is 0.141 e. The Balaban J connectivity index is 2.84. The summed E-state index contributed by atoms with van der Waals surface area (Å²) in [7, 11) is 0. The van der Waals surface area contributed by atoms with E-state index in [0.717, 1.165) is 12.1 Å². The molecule has 0 saturated heterocycles. The number of hydrogen-bond donors (Lipinski definition) is 0. The molecule has 0 aliphatic heterocycles. The molecule has 1 aromatic carbocycles. The average Bonchev–Trinajstić information content (AvgIpc) is 2.15. The van der Waals surface area contributed by atoms with E-state index in [1.807, 2.05) is 0 Å². The van der Waals surface area contributed by atoms with Gasteiger partial charge in [-0.15, -0.1) is 0 Å². The van der Waals surface area contributed by atoms with Crippen LogP contribution in [-0.4, -0.2) is 6.54 Å². The molecule has 14 heavy (non-hydrogen) atoms. The first-order valence-corrected chi connectivity index (χ1v) is 3.69. The van der Waals surface area contributed by atoms with Crippen LogP contribution in [0.1, 0.15) is 5.56 Å². The molecule has 5 heteroatoms. The summed E-state index contributed by atoms with van der Waals surface area (Å²) in [5, 5.41) is 3.14. The Bertz CT molecular complexity index is 439. The number of nitrogens with zero attached hydrogens (tertiary/aromatic N) is 3. The Labute approximate surface area is 79.0 Å². The Morgan fingerprint density at radius 1 is 1.43 bits per heavy atom. The molecule has 3 nitrogen and oxygen atoms in total. The van der Waals surface area contributed by atoms with Crippen LogP contribution in [0.4, 0.5) is 8.78 Å². The van der Waals surface area contributed by atoms with Crippen LogP contribution in [-0.2, 0) is 0 Å². The van der Waals surface area contributed by atoms with Gasteiger partial charge in [0.2, 0.25) is 0 Å². The minimum Gasteiger partial charge on any atom is -0.207 e. The summed E-state index contributed by atoms with van der Waals surface area (Å²) in [6.45, 7) is -0.0344. The Morgan fingerprint density at radius 2 is 2.21 bits per heavy atom. The van der Waals surface area contributed by atoms with E-state index in [0.29, 0.717) is 0 Å². The van der Waals surface area contributed by atoms with Crippen molar-refractivity contribution in [1.82, 2.24) is 0 Å². The molecule has 0 aromatic heterocycles. The topological polar surface area (TPSA) is 48.8 Å². The van der Waals surface area contributed by atoms with E-state index in [2.05, 4.69) is 21.9 Å². The zero-order valence-corrected chi connectivity index (χ0v) is 7.04. The maximum absolute atomic E-state index is 12.9. The van der Waals surface area contributed by atoms with Crippen molar-refractivity contribution < 1.29 is 8.78 Å². The van der Waals surface area contributed by atoms with Crippen molar-refractivity contribution in [2.45, 2.75) is 0 Å². The molecule has 0 fully saturated rings. The average molecular weight is 193 g/mol. The van der Waals surface area contributed by atoms with Crippen LogP contribution < -0.4 is 0 Å². The molecule has 0 bridgehead atoms. The fourth-order valence-corrected chi connectivity index (χ4v) is 0.793. The lowest BCUT2D eigenvalue weighted by molar-refractivity contribution is 0.581. The molecule has 1 rings (SSSR count). The van der Waals surface area contributed by atoms with E-state index in [9.17, 15) is 8.78 Å². The third-order valence-corrected chi connectivity index (χ3v) is 1.37. The monoisotopic (exact) mass is 193 g/mol. The molecule has 0 spiro atoms. The van der Waals surface area contributed by atoms with Gasteiger partial charge in [-0.1, -0.05) is 17.0 Å². The molecule has 0 N–H and O–H groups in total. The van der Waals surface area contributed by atoms with Gasteiger partial charge in [0.15, 0.2) is 0 Å². The number of azide groups is 1. The van der Waals surface area contributed by atoms with Crippen molar-refractivity contribution in [3.05, 3.63) is 45.8 Å². The van der Waals surface area contributed by atoms with E-state index < -0.39 is 11.6 Å². The number of rotatable bonds is 1. The summed E-state index contributed by atoms with van der Waals surface area (Å²) in [6, 6.07) is 3.09. The van der Waals surface area contributed by atoms with Crippen LogP contribution in [0.5, 0.6) is 0 Å². The molecule has 0 heterocycles. The SMILES string of the molecule is [N-]=[N+]=NCC#Cc1ccc(F)cc1F. The highest BCUT2D eigenvalue weighted by Crippen LogP contribution is 2.07. The number of benzene rings is 1. The lowest BCUT2D eigenvalue weighted by Crippen LogP contribution is -1.85. The van der Waals surface area contributed by atoms with Gasteiger partial charge in [0.25, 0.3) is 0 Å². The largest absolute Gasteiger partial charge is 0.207 e. The van der Waals surface area contributed by atoms with E-state index in [1.165, 1.54) is 6.07 Å². The predicted molar refractivity (Wildman–Crippen MR) is 47.2 cm³/mol. The van der Waals surface area contributed by atoms with Gasteiger partial charge in [-0.05, 0) is 17.7 Å². The molecule has 0 unspecified atom stereocenters. The van der Waals surface area contributed by atoms with E-state index in [4.69, 9.17) is 5.53 Å². The molecular weight excluding hydrogens is 188 g/mol. The van der Waals surface area contributed by atoms with Gasteiger partial charge >= 0.3 is 0 Å². The predicted octanol–water partition coefficient (Wildman–Crippen LogP) is 2.63. The highest BCUT2D eigenvalue weighted by atomic mass is 19.1. The van der Waals surface area contributed by atoms with Gasteiger partial charge in [-0.3, -0.25) is 0 Å². The zero-order valence-electron chi connectivity index (χ0n) is 7.04. The number of hydrogen-bond acceptors (Lipinski definition) is 1. The summed E-state index contributed by atoms with van der Waals surface area (Å²) in [6.07, 6.45) is 0. The second kappa shape index (κ2) is 4.85. The smallest absolute Gasteiger partial charge is 0.141 e. The molecule has 0 aliphatic carbocycles. The van der Waals surface area contributed by atoms with Crippen LogP contribution in [0.25, 0.3) is 10.4 Å². The van der Waals surface area contributed by atoms with Crippen molar-refractivity contribution in [3.63, 3.8) is 0 Å². The molecule has 0 radical (unpaired) electrons. The second-order valence-corrected chi connectivity index (χ2v) is 2.31. The van der Waals surface area contributed by atoms with Gasteiger partial charge in [0, 0.05) is 11.0 Å². The third kappa shape index (κ3) is 2.77. The fraction of sp³-hybridized carbons (Fsp3) is 0.111. The molecular formula is C9H5F2N3. The van der Waals surface area contributed by atoms with E-state index in [1.54, 1.807) is 0 Å². The van der Waals surface area contributed by atoms with Crippen LogP contribution in [0.15, 0.2) is 23.3 Å². The maximum atomic E-state index is 12.9. The summed E-state index contributed by atoms with van der Waals surface area (Å²) in [5.41, 5.74) is 8.00. The van der Waals surface area contributed by atoms with Crippen LogP contribution >= 0.6 is 0 Å². The highest BCUT2D eigenvalue weighted by molar-refractivity contribution is 5.35. The highest BCUT2D eigenvalue weighted by Gasteiger charge is 1.99. The standard InChI is InChI=1S/C9H5F2N3/c10-8-4-3-7(9(11)6-8)2-1-5-13-14-12/h3-4,6H,5H2. The van der Waals surface area contributed by atoms with E-state index in [-0.39, 0.29) is 12.1 Å². The van der Waals surface area contributed by atoms with Crippen molar-refractivity contribution in [2.75, 3.05) is 6.54 Å². The summed E-state index contributed by atoms with van der Waals surface area (Å²) in [5.74, 6) is 3.47. The van der Waals surface area contributed by atoms with Crippen molar-refractivity contribution in [1.29, 1.82) is 0 Å². The first kappa shape index (κ1) is 10.0. The molecule has 0 atom stereocenters. The quantitative estimate of drug-likeness (QED) is 0.285.